The van der Waals surface area contributed by atoms with E-state index in [1.165, 1.54) is 60.3 Å². The van der Waals surface area contributed by atoms with Gasteiger partial charge in [0.25, 0.3) is 0 Å². The molecule has 10 rings (SSSR count). The number of anilines is 3. The number of fused-ring (bicyclic) bond motifs is 12. The largest absolute Gasteiger partial charge is 0.309 e. The minimum Gasteiger partial charge on any atom is -0.309 e. The molecule has 0 unspecified atom stereocenters. The molecule has 0 atom stereocenters. The molecule has 1 aliphatic heterocycles. The highest BCUT2D eigenvalue weighted by Crippen LogP contribution is 2.50. The molecule has 0 amide bonds. The van der Waals surface area contributed by atoms with Gasteiger partial charge in [-0.2, -0.15) is 0 Å². The maximum atomic E-state index is 2.48. The van der Waals surface area contributed by atoms with Gasteiger partial charge in [0.2, 0.25) is 0 Å². The van der Waals surface area contributed by atoms with E-state index in [0.717, 1.165) is 22.9 Å². The quantitative estimate of drug-likeness (QED) is 0.200. The van der Waals surface area contributed by atoms with Gasteiger partial charge in [-0.15, -0.1) is 0 Å². The van der Waals surface area contributed by atoms with Gasteiger partial charge < -0.3 is 4.57 Å². The van der Waals surface area contributed by atoms with Crippen molar-refractivity contribution in [1.29, 1.82) is 0 Å². The molecule has 7 aromatic carbocycles. The van der Waals surface area contributed by atoms with Gasteiger partial charge in [-0.25, -0.2) is 0 Å². The third-order valence-corrected chi connectivity index (χ3v) is 9.41. The van der Waals surface area contributed by atoms with Gasteiger partial charge in [0.15, 0.2) is 0 Å². The van der Waals surface area contributed by atoms with Crippen LogP contribution in [0, 0.1) is 0 Å². The third kappa shape index (κ3) is 3.41. The van der Waals surface area contributed by atoms with Crippen LogP contribution in [0.1, 0.15) is 0 Å². The first-order chi connectivity index (χ1) is 22.3. The Morgan fingerprint density at radius 1 is 0.356 bits per heavy atom. The molecule has 0 radical (unpaired) electrons. The highest BCUT2D eigenvalue weighted by atomic mass is 15.3. The van der Waals surface area contributed by atoms with Crippen LogP contribution in [0.25, 0.3) is 66.0 Å². The summed E-state index contributed by atoms with van der Waals surface area (Å²) in [5.41, 5.74) is 10.7. The van der Waals surface area contributed by atoms with Gasteiger partial charge in [0.1, 0.15) is 5.82 Å². The van der Waals surface area contributed by atoms with E-state index in [1.54, 1.807) is 0 Å². The Morgan fingerprint density at radius 2 is 1.00 bits per heavy atom. The van der Waals surface area contributed by atoms with Crippen molar-refractivity contribution in [1.82, 2.24) is 9.13 Å². The summed E-state index contributed by atoms with van der Waals surface area (Å²) in [5, 5.41) is 6.22. The lowest BCUT2D eigenvalue weighted by atomic mass is 10.0. The van der Waals surface area contributed by atoms with Crippen LogP contribution in [-0.4, -0.2) is 9.13 Å². The summed E-state index contributed by atoms with van der Waals surface area (Å²) in [7, 11) is 0. The first-order valence-electron chi connectivity index (χ1n) is 15.5. The van der Waals surface area contributed by atoms with Crippen LogP contribution in [-0.2, 0) is 0 Å². The second-order valence-corrected chi connectivity index (χ2v) is 11.8. The Kier molecular flexibility index (Phi) is 5.00. The Bertz CT molecular complexity index is 2600. The van der Waals surface area contributed by atoms with Crippen molar-refractivity contribution < 1.29 is 0 Å². The number of hydrogen-bond acceptors (Lipinski definition) is 1. The number of hydrogen-bond donors (Lipinski definition) is 0. The van der Waals surface area contributed by atoms with Gasteiger partial charge in [-0.1, -0.05) is 115 Å². The van der Waals surface area contributed by atoms with Gasteiger partial charge in [-0.05, 0) is 53.9 Å². The standard InChI is InChI=1S/C42H27N3/c1-2-13-30(14-3-1)43-37-19-9-6-18-35(37)36-25-24-31(27-40(36)43)44-38-20-10-7-16-33(38)34-17-8-11-21-39(34)45-41(44)26-29-23-22-28-12-4-5-15-32(28)42(29)45/h1-27H. The highest BCUT2D eigenvalue weighted by Gasteiger charge is 2.29. The molecule has 0 saturated carbocycles. The first kappa shape index (κ1) is 24.4. The number of para-hydroxylation sites is 4. The molecule has 9 aromatic rings. The van der Waals surface area contributed by atoms with Gasteiger partial charge in [0, 0.05) is 44.0 Å². The summed E-state index contributed by atoms with van der Waals surface area (Å²) in [5.74, 6) is 1.13. The van der Waals surface area contributed by atoms with Gasteiger partial charge >= 0.3 is 0 Å². The SMILES string of the molecule is c1ccc(-n2c3ccccc3c3ccc(N4c5ccccc5-c5ccccc5-n5c4cc4ccc6ccccc6c45)cc32)cc1. The van der Waals surface area contributed by atoms with Gasteiger partial charge in [-0.3, -0.25) is 9.47 Å². The topological polar surface area (TPSA) is 13.1 Å². The van der Waals surface area contributed by atoms with Crippen molar-refractivity contribution in [3.8, 4) is 22.5 Å². The van der Waals surface area contributed by atoms with Gasteiger partial charge in [0.05, 0.1) is 27.9 Å². The minimum absolute atomic E-state index is 1.12. The lowest BCUT2D eigenvalue weighted by Crippen LogP contribution is -2.13. The highest BCUT2D eigenvalue weighted by molar-refractivity contribution is 6.12. The van der Waals surface area contributed by atoms with Crippen LogP contribution in [0.15, 0.2) is 164 Å². The van der Waals surface area contributed by atoms with Crippen molar-refractivity contribution in [2.24, 2.45) is 0 Å². The van der Waals surface area contributed by atoms with Crippen LogP contribution in [0.3, 0.4) is 0 Å². The third-order valence-electron chi connectivity index (χ3n) is 9.41. The molecule has 3 nitrogen and oxygen atoms in total. The maximum absolute atomic E-state index is 2.48. The summed E-state index contributed by atoms with van der Waals surface area (Å²) in [4.78, 5) is 2.45. The average molecular weight is 574 g/mol. The molecule has 0 N–H and O–H groups in total. The van der Waals surface area contributed by atoms with E-state index in [0.29, 0.717) is 0 Å². The van der Waals surface area contributed by atoms with E-state index < -0.39 is 0 Å². The van der Waals surface area contributed by atoms with E-state index in [2.05, 4.69) is 178 Å². The molecule has 45 heavy (non-hydrogen) atoms. The Morgan fingerprint density at radius 3 is 1.87 bits per heavy atom. The molecule has 0 spiro atoms. The predicted octanol–water partition coefficient (Wildman–Crippen LogP) is 11.3. The maximum Gasteiger partial charge on any atom is 0.123 e. The fourth-order valence-corrected chi connectivity index (χ4v) is 7.51. The van der Waals surface area contributed by atoms with Crippen molar-refractivity contribution >= 4 is 60.7 Å². The number of benzene rings is 7. The normalized spacial score (nSPS) is 12.4. The number of rotatable bonds is 2. The molecule has 0 bridgehead atoms. The molecule has 1 aliphatic rings. The summed E-state index contributed by atoms with van der Waals surface area (Å²) in [6.07, 6.45) is 0. The summed E-state index contributed by atoms with van der Waals surface area (Å²) >= 11 is 0. The lowest BCUT2D eigenvalue weighted by molar-refractivity contribution is 1.09. The Balaban J connectivity index is 1.34. The second kappa shape index (κ2) is 9.22. The monoisotopic (exact) mass is 573 g/mol. The predicted molar refractivity (Wildman–Crippen MR) is 189 cm³/mol. The zero-order chi connectivity index (χ0) is 29.5. The zero-order valence-corrected chi connectivity index (χ0v) is 24.4. The summed E-state index contributed by atoms with van der Waals surface area (Å²) in [6, 6.07) is 59.6. The smallest absolute Gasteiger partial charge is 0.123 e. The molecule has 0 aliphatic carbocycles. The molecule has 210 valence electrons. The number of nitrogens with zero attached hydrogens (tertiary/aromatic N) is 3. The Hall–Kier alpha value is -6.06. The average Bonchev–Trinajstić information content (AvgIpc) is 3.61. The van der Waals surface area contributed by atoms with Crippen LogP contribution < -0.4 is 4.90 Å². The van der Waals surface area contributed by atoms with E-state index >= 15 is 0 Å². The van der Waals surface area contributed by atoms with Crippen molar-refractivity contribution in [3.05, 3.63) is 164 Å². The molecule has 2 aromatic heterocycles. The van der Waals surface area contributed by atoms with Crippen LogP contribution in [0.2, 0.25) is 0 Å². The first-order valence-corrected chi connectivity index (χ1v) is 15.5. The Labute approximate surface area is 260 Å². The van der Waals surface area contributed by atoms with Crippen molar-refractivity contribution in [2.75, 3.05) is 4.90 Å². The number of aromatic nitrogens is 2. The molecule has 0 fully saturated rings. The molecule has 3 heterocycles. The van der Waals surface area contributed by atoms with E-state index in [4.69, 9.17) is 0 Å². The lowest BCUT2D eigenvalue weighted by Gasteiger charge is -2.26. The summed E-state index contributed by atoms with van der Waals surface area (Å²) < 4.78 is 4.87. The van der Waals surface area contributed by atoms with E-state index in [-0.39, 0.29) is 0 Å². The van der Waals surface area contributed by atoms with Crippen LogP contribution in [0.4, 0.5) is 17.2 Å². The molecule has 3 heteroatoms. The molecular formula is C42H27N3. The molecule has 0 saturated heterocycles. The van der Waals surface area contributed by atoms with E-state index in [1.807, 2.05) is 0 Å². The fourth-order valence-electron chi connectivity index (χ4n) is 7.51. The van der Waals surface area contributed by atoms with Crippen molar-refractivity contribution in [2.45, 2.75) is 0 Å². The van der Waals surface area contributed by atoms with Crippen LogP contribution >= 0.6 is 0 Å². The summed E-state index contributed by atoms with van der Waals surface area (Å²) in [6.45, 7) is 0. The fraction of sp³-hybridized carbons (Fsp3) is 0. The van der Waals surface area contributed by atoms with E-state index in [9.17, 15) is 0 Å². The second-order valence-electron chi connectivity index (χ2n) is 11.8. The van der Waals surface area contributed by atoms with Crippen LogP contribution in [0.5, 0.6) is 0 Å². The zero-order valence-electron chi connectivity index (χ0n) is 24.4. The minimum atomic E-state index is 1.12. The molecular weight excluding hydrogens is 546 g/mol. The van der Waals surface area contributed by atoms with Crippen molar-refractivity contribution in [3.63, 3.8) is 0 Å².